The largest absolute Gasteiger partial charge is 0.389 e. The molecule has 0 radical (unpaired) electrons. The summed E-state index contributed by atoms with van der Waals surface area (Å²) in [5.41, 5.74) is 7.39. The molecule has 1 rings (SSSR count). The van der Waals surface area contributed by atoms with Crippen LogP contribution in [0.2, 0.25) is 0 Å². The van der Waals surface area contributed by atoms with Crippen LogP contribution < -0.4 is 11.1 Å². The summed E-state index contributed by atoms with van der Waals surface area (Å²) in [4.78, 5) is 4.46. The van der Waals surface area contributed by atoms with E-state index >= 15 is 0 Å². The molecule has 0 amide bonds. The molecule has 1 aromatic rings. The number of hydrogen-bond donors (Lipinski definition) is 2. The first-order chi connectivity index (χ1) is 8.25. The van der Waals surface area contributed by atoms with Gasteiger partial charge in [-0.25, -0.2) is 0 Å². The number of methoxy groups -OCH3 is 1. The van der Waals surface area contributed by atoms with Crippen molar-refractivity contribution in [2.75, 3.05) is 25.6 Å². The zero-order valence-electron chi connectivity index (χ0n) is 10.1. The number of nitrogens with zero attached hydrogens (tertiary/aromatic N) is 1. The van der Waals surface area contributed by atoms with Crippen LogP contribution in [0.25, 0.3) is 0 Å². The third-order valence-electron chi connectivity index (χ3n) is 2.43. The molecule has 0 saturated carbocycles. The summed E-state index contributed by atoms with van der Waals surface area (Å²) in [6, 6.07) is 1.83. The number of nitrogens with two attached hydrogens (primary N) is 1. The van der Waals surface area contributed by atoms with Crippen molar-refractivity contribution in [2.24, 2.45) is 5.73 Å². The highest BCUT2D eigenvalue weighted by atomic mass is 32.1. The summed E-state index contributed by atoms with van der Waals surface area (Å²) in [6.07, 6.45) is 6.77. The minimum atomic E-state index is 0.397. The highest BCUT2D eigenvalue weighted by Gasteiger charge is 2.03. The van der Waals surface area contributed by atoms with E-state index in [9.17, 15) is 0 Å². The zero-order chi connectivity index (χ0) is 12.5. The lowest BCUT2D eigenvalue weighted by molar-refractivity contribution is 0.192. The number of anilines is 1. The second-order valence-electron chi connectivity index (χ2n) is 3.77. The molecule has 0 aliphatic rings. The Hall–Kier alpha value is -1.20. The summed E-state index contributed by atoms with van der Waals surface area (Å²) in [6.45, 7) is 1.72. The third kappa shape index (κ3) is 5.10. The predicted octanol–water partition coefficient (Wildman–Crippen LogP) is 1.94. The normalized spacial score (nSPS) is 10.2. The van der Waals surface area contributed by atoms with Crippen molar-refractivity contribution in [3.63, 3.8) is 0 Å². The standard InChI is InChI=1S/C12H19N3OS/c1-16-8-4-2-3-6-15-11-9-14-7-5-10(11)12(13)17/h5,7,9,15H,2-4,6,8H2,1H3,(H2,13,17). The number of unbranched alkanes of at least 4 members (excludes halogenated alkanes) is 2. The predicted molar refractivity (Wildman–Crippen MR) is 74.3 cm³/mol. The summed E-state index contributed by atoms with van der Waals surface area (Å²) in [7, 11) is 1.72. The number of aromatic nitrogens is 1. The van der Waals surface area contributed by atoms with Gasteiger partial charge in [0.2, 0.25) is 0 Å². The van der Waals surface area contributed by atoms with E-state index in [1.165, 1.54) is 0 Å². The lowest BCUT2D eigenvalue weighted by atomic mass is 10.2. The van der Waals surface area contributed by atoms with Gasteiger partial charge in [-0.1, -0.05) is 12.2 Å². The molecule has 0 fully saturated rings. The van der Waals surface area contributed by atoms with Crippen molar-refractivity contribution in [2.45, 2.75) is 19.3 Å². The van der Waals surface area contributed by atoms with E-state index in [2.05, 4.69) is 10.3 Å². The van der Waals surface area contributed by atoms with Gasteiger partial charge >= 0.3 is 0 Å². The Morgan fingerprint density at radius 3 is 3.00 bits per heavy atom. The van der Waals surface area contributed by atoms with E-state index in [0.29, 0.717) is 4.99 Å². The number of nitrogens with one attached hydrogen (secondary N) is 1. The third-order valence-corrected chi connectivity index (χ3v) is 2.65. The summed E-state index contributed by atoms with van der Waals surface area (Å²) in [5.74, 6) is 0. The van der Waals surface area contributed by atoms with Crippen molar-refractivity contribution in [1.29, 1.82) is 0 Å². The summed E-state index contributed by atoms with van der Waals surface area (Å²) >= 11 is 4.98. The van der Waals surface area contributed by atoms with Gasteiger partial charge in [0.05, 0.1) is 11.9 Å². The number of pyridine rings is 1. The average Bonchev–Trinajstić information content (AvgIpc) is 2.34. The van der Waals surface area contributed by atoms with Gasteiger partial charge in [-0.05, 0) is 25.3 Å². The molecule has 0 atom stereocenters. The van der Waals surface area contributed by atoms with E-state index < -0.39 is 0 Å². The Morgan fingerprint density at radius 1 is 1.47 bits per heavy atom. The van der Waals surface area contributed by atoms with Crippen molar-refractivity contribution in [3.05, 3.63) is 24.0 Å². The fraction of sp³-hybridized carbons (Fsp3) is 0.500. The van der Waals surface area contributed by atoms with Gasteiger partial charge in [-0.3, -0.25) is 4.98 Å². The first-order valence-electron chi connectivity index (χ1n) is 5.72. The molecular weight excluding hydrogens is 234 g/mol. The molecule has 3 N–H and O–H groups in total. The molecule has 0 aliphatic carbocycles. The Balaban J connectivity index is 2.34. The van der Waals surface area contributed by atoms with Crippen LogP contribution in [0.3, 0.4) is 0 Å². The number of rotatable bonds is 8. The van der Waals surface area contributed by atoms with E-state index in [4.69, 9.17) is 22.7 Å². The number of hydrogen-bond acceptors (Lipinski definition) is 4. The van der Waals surface area contributed by atoms with E-state index in [1.54, 1.807) is 19.5 Å². The second kappa shape index (κ2) is 7.97. The monoisotopic (exact) mass is 253 g/mol. The molecule has 0 aliphatic heterocycles. The van der Waals surface area contributed by atoms with Crippen LogP contribution in [0.1, 0.15) is 24.8 Å². The van der Waals surface area contributed by atoms with Crippen LogP contribution in [0, 0.1) is 0 Å². The fourth-order valence-electron chi connectivity index (χ4n) is 1.52. The lowest BCUT2D eigenvalue weighted by Gasteiger charge is -2.10. The van der Waals surface area contributed by atoms with Crippen LogP contribution in [0.4, 0.5) is 5.69 Å². The number of thiocarbonyl (C=S) groups is 1. The Morgan fingerprint density at radius 2 is 2.29 bits per heavy atom. The van der Waals surface area contributed by atoms with Crippen LogP contribution >= 0.6 is 12.2 Å². The molecule has 1 aromatic heterocycles. The zero-order valence-corrected chi connectivity index (χ0v) is 10.9. The summed E-state index contributed by atoms with van der Waals surface area (Å²) in [5, 5.41) is 3.30. The Labute approximate surface area is 108 Å². The molecule has 0 aromatic carbocycles. The van der Waals surface area contributed by atoms with E-state index in [-0.39, 0.29) is 0 Å². The Kier molecular flexibility index (Phi) is 6.50. The molecule has 0 bridgehead atoms. The molecule has 0 spiro atoms. The summed E-state index contributed by atoms with van der Waals surface area (Å²) < 4.78 is 4.99. The van der Waals surface area contributed by atoms with Gasteiger partial charge in [0.1, 0.15) is 4.99 Å². The van der Waals surface area contributed by atoms with Crippen LogP contribution in [-0.2, 0) is 4.74 Å². The number of ether oxygens (including phenoxy) is 1. The first kappa shape index (κ1) is 13.9. The second-order valence-corrected chi connectivity index (χ2v) is 4.21. The average molecular weight is 253 g/mol. The molecular formula is C12H19N3OS. The molecule has 1 heterocycles. The maximum atomic E-state index is 5.63. The van der Waals surface area contributed by atoms with Gasteiger partial charge in [0.25, 0.3) is 0 Å². The minimum Gasteiger partial charge on any atom is -0.389 e. The van der Waals surface area contributed by atoms with Gasteiger partial charge in [-0.15, -0.1) is 0 Å². The molecule has 94 valence electrons. The highest BCUT2D eigenvalue weighted by Crippen LogP contribution is 2.13. The van der Waals surface area contributed by atoms with E-state index in [0.717, 1.165) is 43.7 Å². The minimum absolute atomic E-state index is 0.397. The SMILES string of the molecule is COCCCCCNc1cnccc1C(N)=S. The van der Waals surface area contributed by atoms with Gasteiger partial charge in [0, 0.05) is 32.0 Å². The molecule has 0 saturated heterocycles. The topological polar surface area (TPSA) is 60.2 Å². The molecule has 5 heteroatoms. The van der Waals surface area contributed by atoms with Crippen LogP contribution in [0.15, 0.2) is 18.5 Å². The quantitative estimate of drug-likeness (QED) is 0.548. The maximum Gasteiger partial charge on any atom is 0.106 e. The Bertz CT molecular complexity index is 357. The van der Waals surface area contributed by atoms with Gasteiger partial charge in [-0.2, -0.15) is 0 Å². The van der Waals surface area contributed by atoms with E-state index in [1.807, 2.05) is 6.07 Å². The van der Waals surface area contributed by atoms with Crippen LogP contribution in [0.5, 0.6) is 0 Å². The molecule has 0 unspecified atom stereocenters. The molecule has 17 heavy (non-hydrogen) atoms. The maximum absolute atomic E-state index is 5.63. The van der Waals surface area contributed by atoms with Crippen molar-refractivity contribution in [3.8, 4) is 0 Å². The van der Waals surface area contributed by atoms with Crippen molar-refractivity contribution in [1.82, 2.24) is 4.98 Å². The fourth-order valence-corrected chi connectivity index (χ4v) is 1.70. The van der Waals surface area contributed by atoms with Crippen LogP contribution in [-0.4, -0.2) is 30.2 Å². The van der Waals surface area contributed by atoms with Crippen molar-refractivity contribution >= 4 is 22.9 Å². The highest BCUT2D eigenvalue weighted by molar-refractivity contribution is 7.80. The molecule has 4 nitrogen and oxygen atoms in total. The first-order valence-corrected chi connectivity index (χ1v) is 6.13. The lowest BCUT2D eigenvalue weighted by Crippen LogP contribution is -2.14. The van der Waals surface area contributed by atoms with Gasteiger partial charge in [0.15, 0.2) is 0 Å². The van der Waals surface area contributed by atoms with Crippen molar-refractivity contribution < 1.29 is 4.74 Å². The van der Waals surface area contributed by atoms with Gasteiger partial charge < -0.3 is 15.8 Å². The smallest absolute Gasteiger partial charge is 0.106 e.